The van der Waals surface area contributed by atoms with E-state index in [1.165, 1.54) is 12.1 Å². The zero-order valence-electron chi connectivity index (χ0n) is 15.6. The minimum atomic E-state index is -0.568. The summed E-state index contributed by atoms with van der Waals surface area (Å²) in [6.07, 6.45) is -0.350. The third kappa shape index (κ3) is 4.22. The molecule has 0 unspecified atom stereocenters. The topological polar surface area (TPSA) is 100 Å². The van der Waals surface area contributed by atoms with Crippen LogP contribution in [-0.4, -0.2) is 28.4 Å². The number of aromatic nitrogens is 1. The molecule has 6 nitrogen and oxygen atoms in total. The first-order valence-electron chi connectivity index (χ1n) is 8.96. The highest BCUT2D eigenvalue weighted by atomic mass is 19.1. The fourth-order valence-electron chi connectivity index (χ4n) is 2.95. The molecule has 0 atom stereocenters. The van der Waals surface area contributed by atoms with Crippen molar-refractivity contribution in [3.8, 4) is 22.9 Å². The first-order chi connectivity index (χ1) is 13.9. The molecule has 0 radical (unpaired) electrons. The number of aromatic hydroxyl groups is 1. The standard InChI is InChI=1S/C22H17FN2O4/c1-2-29-20(27)10-9-19(26)21-22(28)17(12-24)16-8-5-14(11-18(16)25-21)13-3-6-15(23)7-4-13/h3-8,11,28H,2,9-10H2,1H3. The molecule has 0 spiro atoms. The summed E-state index contributed by atoms with van der Waals surface area (Å²) in [5, 5.41) is 20.2. The number of carbonyl (C=O) groups excluding carboxylic acids is 2. The van der Waals surface area contributed by atoms with Crippen LogP contribution < -0.4 is 0 Å². The number of hydrogen-bond donors (Lipinski definition) is 1. The highest BCUT2D eigenvalue weighted by molar-refractivity contribution is 6.03. The van der Waals surface area contributed by atoms with Crippen molar-refractivity contribution in [2.45, 2.75) is 19.8 Å². The first-order valence-corrected chi connectivity index (χ1v) is 8.96. The average Bonchev–Trinajstić information content (AvgIpc) is 2.72. The molecule has 146 valence electrons. The first kappa shape index (κ1) is 20.0. The summed E-state index contributed by atoms with van der Waals surface area (Å²) in [6, 6.07) is 12.8. The van der Waals surface area contributed by atoms with Crippen LogP contribution in [0.5, 0.6) is 5.75 Å². The van der Waals surface area contributed by atoms with Gasteiger partial charge in [-0.15, -0.1) is 0 Å². The van der Waals surface area contributed by atoms with Crippen molar-refractivity contribution in [2.75, 3.05) is 6.61 Å². The summed E-state index contributed by atoms with van der Waals surface area (Å²) >= 11 is 0. The highest BCUT2D eigenvalue weighted by Crippen LogP contribution is 2.32. The van der Waals surface area contributed by atoms with Gasteiger partial charge in [0.15, 0.2) is 11.5 Å². The normalized spacial score (nSPS) is 10.5. The molecule has 3 rings (SSSR count). The lowest BCUT2D eigenvalue weighted by Crippen LogP contribution is -2.10. The van der Waals surface area contributed by atoms with E-state index in [4.69, 9.17) is 4.74 Å². The molecule has 3 aromatic rings. The van der Waals surface area contributed by atoms with Gasteiger partial charge >= 0.3 is 5.97 Å². The largest absolute Gasteiger partial charge is 0.504 e. The molecule has 0 aliphatic heterocycles. The van der Waals surface area contributed by atoms with E-state index in [0.717, 1.165) is 5.56 Å². The number of ketones is 1. The van der Waals surface area contributed by atoms with Gasteiger partial charge in [-0.2, -0.15) is 5.26 Å². The van der Waals surface area contributed by atoms with Crippen LogP contribution >= 0.6 is 0 Å². The number of carbonyl (C=O) groups is 2. The molecule has 0 amide bonds. The predicted octanol–water partition coefficient (Wildman–Crippen LogP) is 4.14. The maximum absolute atomic E-state index is 13.2. The van der Waals surface area contributed by atoms with Crippen LogP contribution in [-0.2, 0) is 9.53 Å². The number of nitrogens with zero attached hydrogens (tertiary/aromatic N) is 2. The lowest BCUT2D eigenvalue weighted by molar-refractivity contribution is -0.143. The van der Waals surface area contributed by atoms with Gasteiger partial charge in [0.05, 0.1) is 18.5 Å². The van der Waals surface area contributed by atoms with Crippen molar-refractivity contribution < 1.29 is 23.8 Å². The molecular weight excluding hydrogens is 375 g/mol. The number of hydrogen-bond acceptors (Lipinski definition) is 6. The molecule has 7 heteroatoms. The summed E-state index contributed by atoms with van der Waals surface area (Å²) in [5.41, 5.74) is 1.44. The number of ether oxygens (including phenoxy) is 1. The second-order valence-corrected chi connectivity index (χ2v) is 6.26. The van der Waals surface area contributed by atoms with E-state index >= 15 is 0 Å². The number of Topliss-reactive ketones (excluding diaryl/α,β-unsaturated/α-hetero) is 1. The third-order valence-electron chi connectivity index (χ3n) is 4.38. The smallest absolute Gasteiger partial charge is 0.306 e. The Bertz CT molecular complexity index is 1130. The van der Waals surface area contributed by atoms with E-state index in [0.29, 0.717) is 16.5 Å². The summed E-state index contributed by atoms with van der Waals surface area (Å²) < 4.78 is 18.0. The number of esters is 1. The van der Waals surface area contributed by atoms with Crippen molar-refractivity contribution in [3.63, 3.8) is 0 Å². The number of fused-ring (bicyclic) bond motifs is 1. The van der Waals surface area contributed by atoms with Gasteiger partial charge in [-0.05, 0) is 36.2 Å². The zero-order chi connectivity index (χ0) is 21.0. The molecule has 0 aliphatic carbocycles. The molecule has 29 heavy (non-hydrogen) atoms. The highest BCUT2D eigenvalue weighted by Gasteiger charge is 2.21. The van der Waals surface area contributed by atoms with Gasteiger partial charge in [-0.25, -0.2) is 9.37 Å². The number of halogens is 1. The molecule has 1 aromatic heterocycles. The van der Waals surface area contributed by atoms with Crippen molar-refractivity contribution in [2.24, 2.45) is 0 Å². The fraction of sp³-hybridized carbons (Fsp3) is 0.182. The Morgan fingerprint density at radius 2 is 1.83 bits per heavy atom. The van der Waals surface area contributed by atoms with Crippen molar-refractivity contribution in [1.82, 2.24) is 4.98 Å². The molecule has 0 saturated carbocycles. The van der Waals surface area contributed by atoms with Crippen molar-refractivity contribution >= 4 is 22.7 Å². The van der Waals surface area contributed by atoms with Crippen LogP contribution in [0.3, 0.4) is 0 Å². The third-order valence-corrected chi connectivity index (χ3v) is 4.38. The lowest BCUT2D eigenvalue weighted by Gasteiger charge is -2.10. The van der Waals surface area contributed by atoms with Crippen LogP contribution in [0.25, 0.3) is 22.0 Å². The van der Waals surface area contributed by atoms with E-state index in [2.05, 4.69) is 4.98 Å². The molecule has 1 heterocycles. The number of benzene rings is 2. The zero-order valence-corrected chi connectivity index (χ0v) is 15.6. The SMILES string of the molecule is CCOC(=O)CCC(=O)c1nc2cc(-c3ccc(F)cc3)ccc2c(C#N)c1O. The Balaban J connectivity index is 2.03. The Morgan fingerprint density at radius 1 is 1.14 bits per heavy atom. The monoisotopic (exact) mass is 392 g/mol. The van der Waals surface area contributed by atoms with Crippen LogP contribution in [0.15, 0.2) is 42.5 Å². The average molecular weight is 392 g/mol. The Labute approximate surface area is 166 Å². The molecule has 0 aliphatic rings. The number of nitriles is 1. The van der Waals surface area contributed by atoms with Crippen LogP contribution in [0.4, 0.5) is 4.39 Å². The molecule has 1 N–H and O–H groups in total. The van der Waals surface area contributed by atoms with Gasteiger partial charge in [0, 0.05) is 11.8 Å². The summed E-state index contributed by atoms with van der Waals surface area (Å²) in [7, 11) is 0. The molecule has 2 aromatic carbocycles. The maximum atomic E-state index is 13.2. The predicted molar refractivity (Wildman–Crippen MR) is 104 cm³/mol. The van der Waals surface area contributed by atoms with Gasteiger partial charge in [0.25, 0.3) is 0 Å². The van der Waals surface area contributed by atoms with E-state index in [-0.39, 0.29) is 36.5 Å². The van der Waals surface area contributed by atoms with Gasteiger partial charge in [0.2, 0.25) is 0 Å². The summed E-state index contributed by atoms with van der Waals surface area (Å²) in [5.74, 6) is -1.97. The molecular formula is C22H17FN2O4. The van der Waals surface area contributed by atoms with Gasteiger partial charge in [-0.3, -0.25) is 9.59 Å². The minimum absolute atomic E-state index is 0.0693. The second-order valence-electron chi connectivity index (χ2n) is 6.26. The van der Waals surface area contributed by atoms with E-state index < -0.39 is 17.5 Å². The Hall–Kier alpha value is -3.79. The lowest BCUT2D eigenvalue weighted by atomic mass is 9.99. The van der Waals surface area contributed by atoms with Gasteiger partial charge in [-0.1, -0.05) is 24.3 Å². The quantitative estimate of drug-likeness (QED) is 0.500. The maximum Gasteiger partial charge on any atom is 0.306 e. The Kier molecular flexibility index (Phi) is 5.84. The molecule has 0 bridgehead atoms. The summed E-state index contributed by atoms with van der Waals surface area (Å²) in [6.45, 7) is 1.87. The summed E-state index contributed by atoms with van der Waals surface area (Å²) in [4.78, 5) is 28.2. The minimum Gasteiger partial charge on any atom is -0.504 e. The van der Waals surface area contributed by atoms with E-state index in [9.17, 15) is 24.3 Å². The Morgan fingerprint density at radius 3 is 2.48 bits per heavy atom. The van der Waals surface area contributed by atoms with Crippen molar-refractivity contribution in [1.29, 1.82) is 5.26 Å². The van der Waals surface area contributed by atoms with E-state index in [1.807, 2.05) is 6.07 Å². The molecule has 0 saturated heterocycles. The van der Waals surface area contributed by atoms with Crippen LogP contribution in [0.2, 0.25) is 0 Å². The van der Waals surface area contributed by atoms with Gasteiger partial charge < -0.3 is 9.84 Å². The number of rotatable bonds is 6. The fourth-order valence-corrected chi connectivity index (χ4v) is 2.95. The van der Waals surface area contributed by atoms with Crippen molar-refractivity contribution in [3.05, 3.63) is 59.5 Å². The van der Waals surface area contributed by atoms with Crippen LogP contribution in [0.1, 0.15) is 35.8 Å². The van der Waals surface area contributed by atoms with E-state index in [1.54, 1.807) is 37.3 Å². The second kappa shape index (κ2) is 8.48. The molecule has 0 fully saturated rings. The van der Waals surface area contributed by atoms with Gasteiger partial charge in [0.1, 0.15) is 23.1 Å². The number of pyridine rings is 1. The van der Waals surface area contributed by atoms with Crippen LogP contribution in [0, 0.1) is 17.1 Å².